The van der Waals surface area contributed by atoms with Gasteiger partial charge in [0.1, 0.15) is 11.8 Å². The third kappa shape index (κ3) is 9.13. The Kier molecular flexibility index (Phi) is 12.0. The van der Waals surface area contributed by atoms with Crippen LogP contribution < -0.4 is 21.8 Å². The number of hydrogen-bond donors (Lipinski definition) is 4. The number of hydrogen-bond acceptors (Lipinski definition) is 8. The van der Waals surface area contributed by atoms with Crippen molar-refractivity contribution in [1.82, 2.24) is 16.1 Å². The summed E-state index contributed by atoms with van der Waals surface area (Å²) >= 11 is 0. The van der Waals surface area contributed by atoms with Crippen molar-refractivity contribution in [3.05, 3.63) is 10.1 Å². The second-order valence-corrected chi connectivity index (χ2v) is 13.7. The Hall–Kier alpha value is -2.74. The fourth-order valence-electron chi connectivity index (χ4n) is 7.10. The number of nitrogens with two attached hydrogens (primary N) is 1. The maximum absolute atomic E-state index is 13.7. The molecule has 0 aromatic rings. The van der Waals surface area contributed by atoms with Crippen LogP contribution in [0, 0.1) is 33.3 Å². The Morgan fingerprint density at radius 3 is 2.42 bits per heavy atom. The highest BCUT2D eigenvalue weighted by atomic mass is 16.7. The number of nitro groups is 1. The summed E-state index contributed by atoms with van der Waals surface area (Å²) < 4.78 is 13.2. The number of hydrazine groups is 1. The molecule has 14 heteroatoms. The molecule has 0 unspecified atom stereocenters. The summed E-state index contributed by atoms with van der Waals surface area (Å²) in [6.45, 7) is 12.6. The predicted molar refractivity (Wildman–Crippen MR) is 163 cm³/mol. The molecule has 3 saturated carbocycles. The van der Waals surface area contributed by atoms with Crippen molar-refractivity contribution in [2.75, 3.05) is 6.54 Å². The van der Waals surface area contributed by atoms with Crippen molar-refractivity contribution in [1.29, 1.82) is 0 Å². The highest BCUT2D eigenvalue weighted by Crippen LogP contribution is 2.65. The van der Waals surface area contributed by atoms with Crippen LogP contribution in [-0.2, 0) is 23.7 Å². The number of Topliss-reactive ketones (excluding diaryl/α,β-unsaturated/α-hetero) is 1. The van der Waals surface area contributed by atoms with Crippen molar-refractivity contribution in [3.8, 4) is 0 Å². The van der Waals surface area contributed by atoms with E-state index in [0.717, 1.165) is 25.7 Å². The van der Waals surface area contributed by atoms with Gasteiger partial charge in [-0.1, -0.05) is 39.5 Å². The van der Waals surface area contributed by atoms with Crippen molar-refractivity contribution in [2.45, 2.75) is 129 Å². The minimum Gasteiger partial charge on any atom is -0.404 e. The Balaban J connectivity index is 1.65. The lowest BCUT2D eigenvalue weighted by Gasteiger charge is -2.64. The lowest BCUT2D eigenvalue weighted by molar-refractivity contribution is -0.525. The second-order valence-electron chi connectivity index (χ2n) is 13.7. The number of carbonyl (C=O) groups is 3. The minimum absolute atomic E-state index is 0.0181. The van der Waals surface area contributed by atoms with Crippen molar-refractivity contribution in [3.63, 3.8) is 0 Å². The summed E-state index contributed by atoms with van der Waals surface area (Å²) in [5, 5.41) is 15.8. The average Bonchev–Trinajstić information content (AvgIpc) is 3.26. The van der Waals surface area contributed by atoms with Crippen LogP contribution in [0.3, 0.4) is 0 Å². The van der Waals surface area contributed by atoms with E-state index in [9.17, 15) is 24.5 Å². The zero-order chi connectivity index (χ0) is 31.9. The highest BCUT2D eigenvalue weighted by Gasteiger charge is 2.68. The molecule has 4 aliphatic rings. The molecule has 1 aliphatic heterocycles. The average molecular weight is 607 g/mol. The normalized spacial score (nSPS) is 27.1. The van der Waals surface area contributed by atoms with Crippen LogP contribution in [0.5, 0.6) is 0 Å². The second kappa shape index (κ2) is 14.8. The molecular formula is C29H51BN6O7. The fraction of sp³-hybridized carbons (Fsp3) is 0.862. The van der Waals surface area contributed by atoms with Crippen LogP contribution in [0.15, 0.2) is 4.99 Å². The van der Waals surface area contributed by atoms with Crippen LogP contribution >= 0.6 is 0 Å². The Morgan fingerprint density at radius 1 is 1.09 bits per heavy atom. The smallest absolute Gasteiger partial charge is 0.404 e. The molecule has 242 valence electrons. The Labute approximate surface area is 255 Å². The van der Waals surface area contributed by atoms with Gasteiger partial charge >= 0.3 is 7.12 Å². The van der Waals surface area contributed by atoms with Crippen LogP contribution in [-0.4, -0.2) is 65.9 Å². The lowest BCUT2D eigenvalue weighted by Crippen LogP contribution is -2.65. The summed E-state index contributed by atoms with van der Waals surface area (Å²) in [7, 11) is -0.591. The standard InChI is InChI=1S/C29H51BN6O7/c1-18(2)15-24(30-42-23-17-20-16-22(28(20,4)5)29(23,6)43-30)34-26(39)21(12-10-14-32-27(31)35-36(40)41)33-25(38)13-9-7-8-11-19(3)37/h18,20-24H,7-17H2,1-6H3,(H,33,38)(H,34,39)(H3,31,32,35)/t20-,21-,22-,23+,24-,29-/m0/s1. The van der Waals surface area contributed by atoms with Gasteiger partial charge < -0.3 is 30.5 Å². The van der Waals surface area contributed by atoms with Gasteiger partial charge in [-0.15, -0.1) is 0 Å². The molecule has 4 fully saturated rings. The first-order chi connectivity index (χ1) is 20.1. The van der Waals surface area contributed by atoms with Gasteiger partial charge in [-0.3, -0.25) is 9.59 Å². The van der Waals surface area contributed by atoms with Crippen molar-refractivity contribution >= 4 is 30.7 Å². The molecule has 0 aromatic carbocycles. The molecule has 0 aromatic heterocycles. The number of amides is 2. The number of ketones is 1. The van der Waals surface area contributed by atoms with E-state index < -0.39 is 29.7 Å². The number of rotatable bonds is 17. The number of nitrogens with zero attached hydrogens (tertiary/aromatic N) is 2. The van der Waals surface area contributed by atoms with Crippen molar-refractivity contribution < 1.29 is 28.7 Å². The van der Waals surface area contributed by atoms with E-state index in [1.807, 2.05) is 0 Å². The fourth-order valence-corrected chi connectivity index (χ4v) is 7.10. The zero-order valence-corrected chi connectivity index (χ0v) is 26.6. The van der Waals surface area contributed by atoms with Gasteiger partial charge in [0, 0.05) is 19.4 Å². The van der Waals surface area contributed by atoms with E-state index in [1.165, 1.54) is 0 Å². The lowest BCUT2D eigenvalue weighted by atomic mass is 9.43. The minimum atomic E-state index is -0.842. The molecule has 3 aliphatic carbocycles. The van der Waals surface area contributed by atoms with Gasteiger partial charge in [-0.2, -0.15) is 0 Å². The molecule has 6 atom stereocenters. The van der Waals surface area contributed by atoms with E-state index in [2.05, 4.69) is 50.2 Å². The summed E-state index contributed by atoms with van der Waals surface area (Å²) in [6.07, 6.45) is 6.12. The molecule has 4 rings (SSSR count). The molecular weight excluding hydrogens is 555 g/mol. The van der Waals surface area contributed by atoms with E-state index >= 15 is 0 Å². The quantitative estimate of drug-likeness (QED) is 0.0482. The van der Waals surface area contributed by atoms with E-state index in [0.29, 0.717) is 37.5 Å². The topological polar surface area (TPSA) is 187 Å². The number of unbranched alkanes of at least 4 members (excludes halogenated alkanes) is 2. The van der Waals surface area contributed by atoms with Gasteiger partial charge in [0.2, 0.25) is 11.8 Å². The predicted octanol–water partition coefficient (Wildman–Crippen LogP) is 2.69. The maximum atomic E-state index is 13.7. The third-order valence-electron chi connectivity index (χ3n) is 9.57. The summed E-state index contributed by atoms with van der Waals surface area (Å²) in [5.74, 6) is 0.0525. The summed E-state index contributed by atoms with van der Waals surface area (Å²) in [4.78, 5) is 52.2. The molecule has 13 nitrogen and oxygen atoms in total. The molecule has 0 radical (unpaired) electrons. The Bertz CT molecular complexity index is 1060. The molecule has 1 saturated heterocycles. The monoisotopic (exact) mass is 606 g/mol. The SMILES string of the molecule is CC(=O)CCCCCC(=O)N[C@@H](CCCN=C(N)N[N+](=O)[O-])C(=O)N[C@@H](CC(C)C)B1O[C@@H]2C[C@@H]3C[C@@H](C3(C)C)[C@]2(C)O1. The maximum Gasteiger partial charge on any atom is 0.481 e. The molecule has 5 N–H and O–H groups in total. The first-order valence-electron chi connectivity index (χ1n) is 15.8. The first-order valence-corrected chi connectivity index (χ1v) is 15.8. The molecule has 2 bridgehead atoms. The molecule has 1 heterocycles. The van der Waals surface area contributed by atoms with Crippen LogP contribution in [0.2, 0.25) is 0 Å². The molecule has 43 heavy (non-hydrogen) atoms. The largest absolute Gasteiger partial charge is 0.481 e. The van der Waals surface area contributed by atoms with Gasteiger partial charge in [-0.05, 0) is 82.0 Å². The van der Waals surface area contributed by atoms with E-state index in [4.69, 9.17) is 15.0 Å². The van der Waals surface area contributed by atoms with E-state index in [-0.39, 0.29) is 60.4 Å². The van der Waals surface area contributed by atoms with Gasteiger partial charge in [-0.25, -0.2) is 15.1 Å². The van der Waals surface area contributed by atoms with E-state index in [1.54, 1.807) is 12.3 Å². The highest BCUT2D eigenvalue weighted by molar-refractivity contribution is 6.48. The van der Waals surface area contributed by atoms with Crippen LogP contribution in [0.1, 0.15) is 106 Å². The number of carbonyl (C=O) groups excluding carboxylic acids is 3. The third-order valence-corrected chi connectivity index (χ3v) is 9.57. The molecule has 0 spiro atoms. The Morgan fingerprint density at radius 2 is 1.79 bits per heavy atom. The molecule has 2 amide bonds. The van der Waals surface area contributed by atoms with Crippen LogP contribution in [0.25, 0.3) is 0 Å². The summed E-state index contributed by atoms with van der Waals surface area (Å²) in [6, 6.07) is -0.842. The van der Waals surface area contributed by atoms with Crippen LogP contribution in [0.4, 0.5) is 0 Å². The summed E-state index contributed by atoms with van der Waals surface area (Å²) in [5.41, 5.74) is 7.08. The van der Waals surface area contributed by atoms with Gasteiger partial charge in [0.25, 0.3) is 5.96 Å². The van der Waals surface area contributed by atoms with Gasteiger partial charge in [0.05, 0.1) is 17.6 Å². The number of nitrogens with one attached hydrogen (secondary N) is 3. The first kappa shape index (κ1) is 34.8. The van der Waals surface area contributed by atoms with Crippen molar-refractivity contribution in [2.24, 2.45) is 33.9 Å². The number of guanidine groups is 1. The van der Waals surface area contributed by atoms with Gasteiger partial charge in [0.15, 0.2) is 5.03 Å². The number of aliphatic imine (C=N–C) groups is 1. The zero-order valence-electron chi connectivity index (χ0n) is 26.6.